The van der Waals surface area contributed by atoms with Crippen LogP contribution in [0.25, 0.3) is 6.08 Å². The van der Waals surface area contributed by atoms with Gasteiger partial charge in [-0.2, -0.15) is 0 Å². The van der Waals surface area contributed by atoms with Crippen LogP contribution in [0.3, 0.4) is 0 Å². The van der Waals surface area contributed by atoms with E-state index in [1.165, 1.54) is 17.3 Å². The molecule has 0 unspecified atom stereocenters. The Labute approximate surface area is 163 Å². The van der Waals surface area contributed by atoms with Crippen LogP contribution >= 0.6 is 23.4 Å². The highest BCUT2D eigenvalue weighted by Crippen LogP contribution is 2.36. The fraction of sp³-hybridized carbons (Fsp3) is 0.238. The van der Waals surface area contributed by atoms with Crippen LogP contribution in [0.4, 0.5) is 5.69 Å². The Balaban J connectivity index is 1.96. The van der Waals surface area contributed by atoms with Crippen LogP contribution in [0, 0.1) is 6.92 Å². The lowest BCUT2D eigenvalue weighted by molar-refractivity contribution is -0.123. The predicted octanol–water partition coefficient (Wildman–Crippen LogP) is 6.05. The van der Waals surface area contributed by atoms with Gasteiger partial charge < -0.3 is 0 Å². The van der Waals surface area contributed by atoms with Gasteiger partial charge in [-0.25, -0.2) is 4.99 Å². The van der Waals surface area contributed by atoms with Gasteiger partial charge in [0.1, 0.15) is 0 Å². The van der Waals surface area contributed by atoms with E-state index in [0.717, 1.165) is 22.8 Å². The second-order valence-electron chi connectivity index (χ2n) is 6.32. The largest absolute Gasteiger partial charge is 0.284 e. The molecule has 1 aliphatic heterocycles. The van der Waals surface area contributed by atoms with Gasteiger partial charge in [-0.3, -0.25) is 9.69 Å². The maximum Gasteiger partial charge on any atom is 0.266 e. The van der Waals surface area contributed by atoms with E-state index in [4.69, 9.17) is 16.6 Å². The molecule has 26 heavy (non-hydrogen) atoms. The van der Waals surface area contributed by atoms with Crippen LogP contribution in [0.15, 0.2) is 58.4 Å². The number of aryl methyl sites for hydroxylation is 1. The highest BCUT2D eigenvalue weighted by Gasteiger charge is 2.36. The molecule has 3 rings (SSSR count). The van der Waals surface area contributed by atoms with E-state index in [2.05, 4.69) is 6.92 Å². The maximum absolute atomic E-state index is 13.0. The highest BCUT2D eigenvalue weighted by atomic mass is 35.5. The number of carbonyl (C=O) groups is 1. The number of amidine groups is 1. The fourth-order valence-corrected chi connectivity index (χ4v) is 3.79. The van der Waals surface area contributed by atoms with Crippen LogP contribution < -0.4 is 0 Å². The van der Waals surface area contributed by atoms with Crippen molar-refractivity contribution < 1.29 is 4.79 Å². The van der Waals surface area contributed by atoms with E-state index >= 15 is 0 Å². The quantitative estimate of drug-likeness (QED) is 0.601. The van der Waals surface area contributed by atoms with Gasteiger partial charge in [0.05, 0.1) is 10.6 Å². The summed E-state index contributed by atoms with van der Waals surface area (Å²) in [4.78, 5) is 20.2. The zero-order valence-corrected chi connectivity index (χ0v) is 16.6. The third-order valence-electron chi connectivity index (χ3n) is 4.29. The lowest BCUT2D eigenvalue weighted by Gasteiger charge is -2.22. The molecule has 1 aliphatic rings. The number of hydrogen-bond donors (Lipinski definition) is 0. The number of halogens is 1. The van der Waals surface area contributed by atoms with Crippen molar-refractivity contribution in [3.05, 3.63) is 69.6 Å². The van der Waals surface area contributed by atoms with E-state index in [9.17, 15) is 4.79 Å². The van der Waals surface area contributed by atoms with Crippen LogP contribution in [0.1, 0.15) is 31.4 Å². The third-order valence-corrected chi connectivity index (χ3v) is 5.53. The molecule has 1 fully saturated rings. The van der Waals surface area contributed by atoms with Crippen molar-refractivity contribution in [1.82, 2.24) is 4.90 Å². The van der Waals surface area contributed by atoms with Crippen molar-refractivity contribution in [2.45, 2.75) is 33.2 Å². The molecule has 0 bridgehead atoms. The number of amides is 1. The Morgan fingerprint density at radius 1 is 1.15 bits per heavy atom. The summed E-state index contributed by atoms with van der Waals surface area (Å²) in [7, 11) is 0. The molecule has 2 aromatic carbocycles. The van der Waals surface area contributed by atoms with Crippen molar-refractivity contribution in [3.8, 4) is 0 Å². The minimum Gasteiger partial charge on any atom is -0.284 e. The van der Waals surface area contributed by atoms with Gasteiger partial charge in [0.15, 0.2) is 5.17 Å². The molecule has 0 aliphatic carbocycles. The first-order valence-corrected chi connectivity index (χ1v) is 9.81. The zero-order chi connectivity index (χ0) is 18.7. The molecule has 1 heterocycles. The minimum absolute atomic E-state index is 0.00478. The average Bonchev–Trinajstić information content (AvgIpc) is 2.93. The van der Waals surface area contributed by atoms with Crippen molar-refractivity contribution in [2.24, 2.45) is 4.99 Å². The van der Waals surface area contributed by atoms with Gasteiger partial charge in [-0.05, 0) is 67.9 Å². The third kappa shape index (κ3) is 4.19. The van der Waals surface area contributed by atoms with Gasteiger partial charge >= 0.3 is 0 Å². The molecule has 0 N–H and O–H groups in total. The minimum atomic E-state index is 0.00478. The summed E-state index contributed by atoms with van der Waals surface area (Å²) in [5.41, 5.74) is 2.99. The van der Waals surface area contributed by atoms with E-state index in [1.54, 1.807) is 4.90 Å². The number of carbonyl (C=O) groups excluding carboxylic acids is 1. The molecule has 5 heteroatoms. The zero-order valence-electron chi connectivity index (χ0n) is 15.1. The summed E-state index contributed by atoms with van der Waals surface area (Å²) < 4.78 is 0. The summed E-state index contributed by atoms with van der Waals surface area (Å²) in [5, 5.41) is 1.41. The molecule has 1 atom stereocenters. The molecule has 0 radical (unpaired) electrons. The summed E-state index contributed by atoms with van der Waals surface area (Å²) in [6.07, 6.45) is 2.77. The smallest absolute Gasteiger partial charge is 0.266 e. The van der Waals surface area contributed by atoms with Crippen molar-refractivity contribution in [1.29, 1.82) is 0 Å². The van der Waals surface area contributed by atoms with Gasteiger partial charge in [0, 0.05) is 11.1 Å². The Hall–Kier alpha value is -2.04. The summed E-state index contributed by atoms with van der Waals surface area (Å²) in [6.45, 7) is 6.17. The molecular weight excluding hydrogens is 364 g/mol. The molecule has 2 aromatic rings. The number of aliphatic imine (C=N–C) groups is 1. The number of benzene rings is 2. The maximum atomic E-state index is 13.0. The standard InChI is InChI=1S/C21H21ClN2OS/c1-4-15(3)24-20(25)19(13-16-7-9-17(22)10-8-16)26-21(24)23-18-11-5-14(2)6-12-18/h5-13,15H,4H2,1-3H3/b19-13+,23-21?/t15-/m1/s1. The van der Waals surface area contributed by atoms with Gasteiger partial charge in [0.25, 0.3) is 5.91 Å². The Morgan fingerprint density at radius 3 is 2.42 bits per heavy atom. The first-order chi connectivity index (χ1) is 12.5. The van der Waals surface area contributed by atoms with Crippen molar-refractivity contribution in [2.75, 3.05) is 0 Å². The lowest BCUT2D eigenvalue weighted by Crippen LogP contribution is -2.36. The van der Waals surface area contributed by atoms with Crippen molar-refractivity contribution in [3.63, 3.8) is 0 Å². The normalized spacial score (nSPS) is 18.8. The molecule has 134 valence electrons. The molecule has 0 saturated carbocycles. The van der Waals surface area contributed by atoms with Crippen LogP contribution in [0.5, 0.6) is 0 Å². The predicted molar refractivity (Wildman–Crippen MR) is 112 cm³/mol. The topological polar surface area (TPSA) is 32.7 Å². The number of hydrogen-bond acceptors (Lipinski definition) is 3. The van der Waals surface area contributed by atoms with Crippen LogP contribution in [-0.4, -0.2) is 22.0 Å². The molecule has 1 saturated heterocycles. The summed E-state index contributed by atoms with van der Waals surface area (Å²) in [5.74, 6) is 0.00478. The van der Waals surface area contributed by atoms with Crippen LogP contribution in [-0.2, 0) is 4.79 Å². The first-order valence-electron chi connectivity index (χ1n) is 8.62. The highest BCUT2D eigenvalue weighted by molar-refractivity contribution is 8.18. The van der Waals surface area contributed by atoms with Crippen molar-refractivity contribution >= 4 is 46.2 Å². The van der Waals surface area contributed by atoms with Gasteiger partial charge in [0.2, 0.25) is 0 Å². The SMILES string of the molecule is CC[C@@H](C)N1C(=O)/C(=C\c2ccc(Cl)cc2)SC1=Nc1ccc(C)cc1. The lowest BCUT2D eigenvalue weighted by atomic mass is 10.2. The molecule has 1 amide bonds. The molecule has 3 nitrogen and oxygen atoms in total. The number of thioether (sulfide) groups is 1. The molecular formula is C21H21ClN2OS. The summed E-state index contributed by atoms with van der Waals surface area (Å²) >= 11 is 7.37. The second-order valence-corrected chi connectivity index (χ2v) is 7.77. The molecule has 0 spiro atoms. The monoisotopic (exact) mass is 384 g/mol. The Kier molecular flexibility index (Phi) is 5.84. The fourth-order valence-electron chi connectivity index (χ4n) is 2.58. The Morgan fingerprint density at radius 2 is 1.81 bits per heavy atom. The van der Waals surface area contributed by atoms with E-state index < -0.39 is 0 Å². The second kappa shape index (κ2) is 8.11. The summed E-state index contributed by atoms with van der Waals surface area (Å²) in [6, 6.07) is 15.6. The van der Waals surface area contributed by atoms with E-state index in [0.29, 0.717) is 9.93 Å². The number of nitrogens with zero attached hydrogens (tertiary/aromatic N) is 2. The number of rotatable bonds is 4. The van der Waals surface area contributed by atoms with Crippen LogP contribution in [0.2, 0.25) is 5.02 Å². The first kappa shape index (κ1) is 18.7. The Bertz CT molecular complexity index is 857. The van der Waals surface area contributed by atoms with Gasteiger partial charge in [-0.15, -0.1) is 0 Å². The van der Waals surface area contributed by atoms with E-state index in [-0.39, 0.29) is 11.9 Å². The van der Waals surface area contributed by atoms with E-state index in [1.807, 2.05) is 68.5 Å². The average molecular weight is 385 g/mol. The molecule has 0 aromatic heterocycles. The van der Waals surface area contributed by atoms with Gasteiger partial charge in [-0.1, -0.05) is 48.4 Å².